The van der Waals surface area contributed by atoms with Crippen molar-refractivity contribution in [3.8, 4) is 11.6 Å². The Balaban J connectivity index is 1.39. The lowest BCUT2D eigenvalue weighted by atomic mass is 9.93. The summed E-state index contributed by atoms with van der Waals surface area (Å²) < 4.78 is 5.96. The van der Waals surface area contributed by atoms with E-state index >= 15 is 0 Å². The number of aromatic nitrogens is 3. The normalized spacial score (nSPS) is 14.8. The van der Waals surface area contributed by atoms with Crippen LogP contribution >= 0.6 is 11.3 Å². The lowest BCUT2D eigenvalue weighted by Crippen LogP contribution is -2.39. The lowest BCUT2D eigenvalue weighted by molar-refractivity contribution is -0.131. The van der Waals surface area contributed by atoms with Crippen LogP contribution in [0.5, 0.6) is 11.6 Å². The van der Waals surface area contributed by atoms with Crippen LogP contribution in [0.1, 0.15) is 35.2 Å². The van der Waals surface area contributed by atoms with Gasteiger partial charge in [-0.3, -0.25) is 9.78 Å². The van der Waals surface area contributed by atoms with Gasteiger partial charge in [0, 0.05) is 36.8 Å². The molecule has 28 heavy (non-hydrogen) atoms. The monoisotopic (exact) mass is 394 g/mol. The molecule has 2 aromatic heterocycles. The molecule has 7 heteroatoms. The summed E-state index contributed by atoms with van der Waals surface area (Å²) in [5, 5.41) is 2.96. The molecule has 1 amide bonds. The molecule has 144 valence electrons. The highest BCUT2D eigenvalue weighted by Crippen LogP contribution is 2.33. The van der Waals surface area contributed by atoms with Crippen molar-refractivity contribution in [2.45, 2.75) is 32.1 Å². The van der Waals surface area contributed by atoms with Crippen LogP contribution in [0.25, 0.3) is 0 Å². The SMILES string of the molecule is Cc1nc(CC(=O)N2CCC(c3nccnc3Oc3ccccc3)CC2)cs1. The van der Waals surface area contributed by atoms with E-state index in [0.717, 1.165) is 35.0 Å². The Kier molecular flexibility index (Phi) is 5.62. The molecule has 3 aromatic rings. The van der Waals surface area contributed by atoms with Crippen molar-refractivity contribution in [2.75, 3.05) is 13.1 Å². The van der Waals surface area contributed by atoms with Crippen LogP contribution in [-0.2, 0) is 11.2 Å². The second-order valence-corrected chi connectivity index (χ2v) is 7.91. The molecule has 0 saturated carbocycles. The number of hydrogen-bond acceptors (Lipinski definition) is 6. The van der Waals surface area contributed by atoms with Crippen LogP contribution in [0, 0.1) is 6.92 Å². The van der Waals surface area contributed by atoms with E-state index < -0.39 is 0 Å². The first-order chi connectivity index (χ1) is 13.7. The Morgan fingerprint density at radius 3 is 2.64 bits per heavy atom. The first-order valence-corrected chi connectivity index (χ1v) is 10.3. The number of carbonyl (C=O) groups is 1. The molecule has 0 aliphatic carbocycles. The highest BCUT2D eigenvalue weighted by Gasteiger charge is 2.27. The highest BCUT2D eigenvalue weighted by atomic mass is 32.1. The van der Waals surface area contributed by atoms with E-state index in [1.807, 2.05) is 47.5 Å². The summed E-state index contributed by atoms with van der Waals surface area (Å²) in [6.45, 7) is 3.39. The molecule has 3 heterocycles. The van der Waals surface area contributed by atoms with Gasteiger partial charge >= 0.3 is 0 Å². The van der Waals surface area contributed by atoms with Crippen LogP contribution in [0.2, 0.25) is 0 Å². The van der Waals surface area contributed by atoms with E-state index in [9.17, 15) is 4.79 Å². The Morgan fingerprint density at radius 2 is 1.93 bits per heavy atom. The number of likely N-dealkylation sites (tertiary alicyclic amines) is 1. The molecule has 0 unspecified atom stereocenters. The number of rotatable bonds is 5. The summed E-state index contributed by atoms with van der Waals surface area (Å²) in [4.78, 5) is 27.8. The standard InChI is InChI=1S/C21H22N4O2S/c1-15-24-17(14-28-15)13-19(26)25-11-7-16(8-12-25)20-21(23-10-9-22-20)27-18-5-3-2-4-6-18/h2-6,9-10,14,16H,7-8,11-13H2,1H3. The number of ether oxygens (including phenoxy) is 1. The molecular weight excluding hydrogens is 372 g/mol. The van der Waals surface area contributed by atoms with Gasteiger partial charge in [-0.15, -0.1) is 11.3 Å². The molecule has 1 aliphatic rings. The van der Waals surface area contributed by atoms with Crippen LogP contribution in [0.3, 0.4) is 0 Å². The zero-order valence-electron chi connectivity index (χ0n) is 15.7. The van der Waals surface area contributed by atoms with E-state index in [-0.39, 0.29) is 11.8 Å². The van der Waals surface area contributed by atoms with Crippen molar-refractivity contribution in [1.29, 1.82) is 0 Å². The zero-order chi connectivity index (χ0) is 19.3. The van der Waals surface area contributed by atoms with E-state index in [1.54, 1.807) is 23.7 Å². The van der Waals surface area contributed by atoms with Gasteiger partial charge in [0.1, 0.15) is 11.4 Å². The predicted molar refractivity (Wildman–Crippen MR) is 108 cm³/mol. The van der Waals surface area contributed by atoms with E-state index in [1.165, 1.54) is 0 Å². The summed E-state index contributed by atoms with van der Waals surface area (Å²) in [5.41, 5.74) is 1.73. The maximum absolute atomic E-state index is 12.6. The molecule has 1 saturated heterocycles. The van der Waals surface area contributed by atoms with Crippen LogP contribution in [-0.4, -0.2) is 38.8 Å². The van der Waals surface area contributed by atoms with Gasteiger partial charge in [0.05, 0.1) is 17.1 Å². The Morgan fingerprint density at radius 1 is 1.18 bits per heavy atom. The molecule has 0 radical (unpaired) electrons. The molecule has 0 bridgehead atoms. The Bertz CT molecular complexity index is 936. The number of hydrogen-bond donors (Lipinski definition) is 0. The summed E-state index contributed by atoms with van der Waals surface area (Å²) in [6.07, 6.45) is 5.44. The number of piperidine rings is 1. The molecular formula is C21H22N4O2S. The van der Waals surface area contributed by atoms with Crippen molar-refractivity contribution >= 4 is 17.2 Å². The topological polar surface area (TPSA) is 68.2 Å². The van der Waals surface area contributed by atoms with Gasteiger partial charge in [-0.2, -0.15) is 0 Å². The van der Waals surface area contributed by atoms with E-state index in [2.05, 4.69) is 15.0 Å². The smallest absolute Gasteiger partial charge is 0.241 e. The molecule has 1 fully saturated rings. The van der Waals surface area contributed by atoms with Crippen LogP contribution < -0.4 is 4.74 Å². The first kappa shape index (κ1) is 18.6. The van der Waals surface area contributed by atoms with Gasteiger partial charge in [0.25, 0.3) is 0 Å². The van der Waals surface area contributed by atoms with Gasteiger partial charge in [-0.1, -0.05) is 18.2 Å². The first-order valence-electron chi connectivity index (χ1n) is 9.41. The van der Waals surface area contributed by atoms with Crippen molar-refractivity contribution < 1.29 is 9.53 Å². The lowest BCUT2D eigenvalue weighted by Gasteiger charge is -2.32. The maximum atomic E-state index is 12.6. The van der Waals surface area contributed by atoms with E-state index in [4.69, 9.17) is 4.74 Å². The van der Waals surface area contributed by atoms with Gasteiger partial charge in [-0.05, 0) is 31.9 Å². The molecule has 1 aliphatic heterocycles. The second kappa shape index (κ2) is 8.48. The second-order valence-electron chi connectivity index (χ2n) is 6.85. The van der Waals surface area contributed by atoms with Crippen molar-refractivity contribution in [2.24, 2.45) is 0 Å². The van der Waals surface area contributed by atoms with Crippen molar-refractivity contribution in [3.05, 3.63) is 64.5 Å². The highest BCUT2D eigenvalue weighted by molar-refractivity contribution is 7.09. The number of carbonyl (C=O) groups excluding carboxylic acids is 1. The fourth-order valence-corrected chi connectivity index (χ4v) is 4.07. The predicted octanol–water partition coefficient (Wildman–Crippen LogP) is 3.98. The molecule has 0 atom stereocenters. The third kappa shape index (κ3) is 4.36. The minimum absolute atomic E-state index is 0.142. The van der Waals surface area contributed by atoms with Gasteiger partial charge in [-0.25, -0.2) is 9.97 Å². The van der Waals surface area contributed by atoms with Crippen molar-refractivity contribution in [3.63, 3.8) is 0 Å². The van der Waals surface area contributed by atoms with Crippen LogP contribution in [0.15, 0.2) is 48.1 Å². The van der Waals surface area contributed by atoms with Gasteiger partial charge < -0.3 is 9.64 Å². The van der Waals surface area contributed by atoms with Gasteiger partial charge in [0.15, 0.2) is 0 Å². The Hall–Kier alpha value is -2.80. The van der Waals surface area contributed by atoms with Crippen molar-refractivity contribution in [1.82, 2.24) is 19.9 Å². The van der Waals surface area contributed by atoms with Crippen LogP contribution in [0.4, 0.5) is 0 Å². The molecule has 0 N–H and O–H groups in total. The minimum atomic E-state index is 0.142. The average molecular weight is 395 g/mol. The van der Waals surface area contributed by atoms with E-state index in [0.29, 0.717) is 25.4 Å². The summed E-state index contributed by atoms with van der Waals surface area (Å²) in [7, 11) is 0. The molecule has 4 rings (SSSR count). The summed E-state index contributed by atoms with van der Waals surface area (Å²) >= 11 is 1.58. The number of para-hydroxylation sites is 1. The fourth-order valence-electron chi connectivity index (χ4n) is 3.45. The number of aryl methyl sites for hydroxylation is 1. The summed E-state index contributed by atoms with van der Waals surface area (Å²) in [6, 6.07) is 9.61. The zero-order valence-corrected chi connectivity index (χ0v) is 16.6. The maximum Gasteiger partial charge on any atom is 0.241 e. The minimum Gasteiger partial charge on any atom is -0.437 e. The third-order valence-electron chi connectivity index (χ3n) is 4.88. The third-order valence-corrected chi connectivity index (χ3v) is 5.70. The molecule has 1 aromatic carbocycles. The summed E-state index contributed by atoms with van der Waals surface area (Å²) in [5.74, 6) is 1.67. The number of nitrogens with zero attached hydrogens (tertiary/aromatic N) is 4. The quantitative estimate of drug-likeness (QED) is 0.655. The number of amides is 1. The average Bonchev–Trinajstić information content (AvgIpc) is 3.14. The fraction of sp³-hybridized carbons (Fsp3) is 0.333. The Labute approximate surface area is 168 Å². The number of thiazole rings is 1. The van der Waals surface area contributed by atoms with Gasteiger partial charge in [0.2, 0.25) is 11.8 Å². The molecule has 6 nitrogen and oxygen atoms in total. The largest absolute Gasteiger partial charge is 0.437 e. The molecule has 0 spiro atoms. The number of benzene rings is 1.